The van der Waals surface area contributed by atoms with E-state index in [0.29, 0.717) is 22.0 Å². The minimum absolute atomic E-state index is 0.426. The Balaban J connectivity index is 1.98. The molecule has 0 bridgehead atoms. The number of carbonyl (C=O) groups excluding carboxylic acids is 1. The van der Waals surface area contributed by atoms with Crippen LogP contribution in [0.2, 0.25) is 5.02 Å². The highest BCUT2D eigenvalue weighted by molar-refractivity contribution is 6.30. The quantitative estimate of drug-likeness (QED) is 0.562. The summed E-state index contributed by atoms with van der Waals surface area (Å²) < 4.78 is 5.53. The fraction of sp³-hybridized carbons (Fsp3) is 0.278. The maximum absolute atomic E-state index is 12.3. The van der Waals surface area contributed by atoms with Crippen molar-refractivity contribution in [1.82, 2.24) is 5.32 Å². The van der Waals surface area contributed by atoms with E-state index in [1.54, 1.807) is 55.5 Å². The van der Waals surface area contributed by atoms with E-state index in [0.717, 1.165) is 0 Å². The van der Waals surface area contributed by atoms with Crippen LogP contribution in [0.4, 0.5) is 5.69 Å². The van der Waals surface area contributed by atoms with Gasteiger partial charge in [0.15, 0.2) is 6.10 Å². The molecule has 2 aromatic carbocycles. The number of nitrogens with two attached hydrogens (primary N) is 1. The molecular formula is C18H21ClN2O4. The first kappa shape index (κ1) is 19.1. The lowest BCUT2D eigenvalue weighted by Crippen LogP contribution is -2.47. The van der Waals surface area contributed by atoms with Crippen LogP contribution in [0.15, 0.2) is 48.5 Å². The van der Waals surface area contributed by atoms with Crippen LogP contribution in [0.3, 0.4) is 0 Å². The fourth-order valence-corrected chi connectivity index (χ4v) is 2.35. The molecular weight excluding hydrogens is 344 g/mol. The van der Waals surface area contributed by atoms with Gasteiger partial charge in [0.1, 0.15) is 11.9 Å². The van der Waals surface area contributed by atoms with Gasteiger partial charge in [0.2, 0.25) is 0 Å². The molecule has 0 aromatic heterocycles. The average Bonchev–Trinajstić information content (AvgIpc) is 2.61. The maximum Gasteiger partial charge on any atom is 0.261 e. The van der Waals surface area contributed by atoms with Crippen molar-refractivity contribution >= 4 is 23.2 Å². The molecule has 0 heterocycles. The Labute approximate surface area is 151 Å². The van der Waals surface area contributed by atoms with Crippen molar-refractivity contribution in [1.29, 1.82) is 0 Å². The monoisotopic (exact) mass is 364 g/mol. The lowest BCUT2D eigenvalue weighted by atomic mass is 10.0. The Morgan fingerprint density at radius 2 is 1.80 bits per heavy atom. The number of benzene rings is 2. The fourth-order valence-electron chi connectivity index (χ4n) is 2.22. The summed E-state index contributed by atoms with van der Waals surface area (Å²) in [5, 5.41) is 23.0. The van der Waals surface area contributed by atoms with Crippen LogP contribution in [0, 0.1) is 0 Å². The molecule has 2 aromatic rings. The zero-order valence-electron chi connectivity index (χ0n) is 13.7. The molecule has 0 aliphatic rings. The van der Waals surface area contributed by atoms with Crippen molar-refractivity contribution in [2.75, 3.05) is 12.3 Å². The Kier molecular flexibility index (Phi) is 6.64. The summed E-state index contributed by atoms with van der Waals surface area (Å²) in [5.74, 6) is 0.0372. The van der Waals surface area contributed by atoms with Gasteiger partial charge in [0.05, 0.1) is 12.6 Å². The molecule has 1 amide bonds. The normalized spacial score (nSPS) is 14.4. The molecule has 25 heavy (non-hydrogen) atoms. The summed E-state index contributed by atoms with van der Waals surface area (Å²) in [6.07, 6.45) is -1.88. The van der Waals surface area contributed by atoms with Crippen molar-refractivity contribution in [3.05, 3.63) is 59.1 Å². The summed E-state index contributed by atoms with van der Waals surface area (Å²) >= 11 is 5.80. The molecule has 3 atom stereocenters. The number of amides is 1. The van der Waals surface area contributed by atoms with Crippen LogP contribution in [-0.2, 0) is 4.79 Å². The molecule has 0 spiro atoms. The molecule has 2 rings (SSSR count). The second-order valence-electron chi connectivity index (χ2n) is 5.62. The number of halogens is 1. The predicted octanol–water partition coefficient (Wildman–Crippen LogP) is 1.90. The third kappa shape index (κ3) is 5.35. The molecule has 7 heteroatoms. The van der Waals surface area contributed by atoms with Gasteiger partial charge in [-0.05, 0) is 48.9 Å². The Morgan fingerprint density at radius 3 is 2.36 bits per heavy atom. The number of ether oxygens (including phenoxy) is 1. The number of hydrogen-bond donors (Lipinski definition) is 4. The molecule has 5 N–H and O–H groups in total. The second kappa shape index (κ2) is 8.71. The van der Waals surface area contributed by atoms with E-state index >= 15 is 0 Å². The summed E-state index contributed by atoms with van der Waals surface area (Å²) in [6.45, 7) is 1.15. The lowest BCUT2D eigenvalue weighted by molar-refractivity contribution is -0.129. The third-order valence-electron chi connectivity index (χ3n) is 3.68. The van der Waals surface area contributed by atoms with Gasteiger partial charge in [0, 0.05) is 10.7 Å². The first-order chi connectivity index (χ1) is 11.9. The molecule has 3 unspecified atom stereocenters. The van der Waals surface area contributed by atoms with Crippen LogP contribution >= 0.6 is 11.6 Å². The Bertz CT molecular complexity index is 691. The molecule has 134 valence electrons. The average molecular weight is 365 g/mol. The third-order valence-corrected chi connectivity index (χ3v) is 3.93. The number of aliphatic hydroxyl groups is 2. The van der Waals surface area contributed by atoms with Crippen LogP contribution in [0.1, 0.15) is 18.6 Å². The standard InChI is InChI=1S/C18H21ClN2O4/c1-11(25-15-8-4-13(19)5-9-15)18(24)21-16(10-22)17(23)12-2-6-14(20)7-3-12/h2-9,11,16-17,22-23H,10,20H2,1H3,(H,21,24). The number of rotatable bonds is 7. The van der Waals surface area contributed by atoms with Crippen molar-refractivity contribution in [2.24, 2.45) is 0 Å². The molecule has 0 aliphatic carbocycles. The van der Waals surface area contributed by atoms with E-state index in [4.69, 9.17) is 22.1 Å². The van der Waals surface area contributed by atoms with Crippen molar-refractivity contribution in [3.8, 4) is 5.75 Å². The summed E-state index contributed by atoms with van der Waals surface area (Å²) in [4.78, 5) is 12.3. The highest BCUT2D eigenvalue weighted by Gasteiger charge is 2.25. The lowest BCUT2D eigenvalue weighted by Gasteiger charge is -2.24. The van der Waals surface area contributed by atoms with Crippen LogP contribution in [-0.4, -0.2) is 34.9 Å². The van der Waals surface area contributed by atoms with Crippen molar-refractivity contribution < 1.29 is 19.7 Å². The number of anilines is 1. The highest BCUT2D eigenvalue weighted by Crippen LogP contribution is 2.19. The number of nitrogen functional groups attached to an aromatic ring is 1. The molecule has 0 radical (unpaired) electrons. The summed E-state index contributed by atoms with van der Waals surface area (Å²) in [7, 11) is 0. The SMILES string of the molecule is CC(Oc1ccc(Cl)cc1)C(=O)NC(CO)C(O)c1ccc(N)cc1. The molecule has 0 saturated heterocycles. The molecule has 0 aliphatic heterocycles. The summed E-state index contributed by atoms with van der Waals surface area (Å²) in [5.41, 5.74) is 6.72. The van der Waals surface area contributed by atoms with E-state index in [1.165, 1.54) is 0 Å². The molecule has 0 saturated carbocycles. The highest BCUT2D eigenvalue weighted by atomic mass is 35.5. The second-order valence-corrected chi connectivity index (χ2v) is 6.06. The number of nitrogens with one attached hydrogen (secondary N) is 1. The van der Waals surface area contributed by atoms with E-state index in [9.17, 15) is 15.0 Å². The van der Waals surface area contributed by atoms with Crippen molar-refractivity contribution in [3.63, 3.8) is 0 Å². The Morgan fingerprint density at radius 1 is 1.20 bits per heavy atom. The van der Waals surface area contributed by atoms with Gasteiger partial charge in [-0.3, -0.25) is 4.79 Å². The summed E-state index contributed by atoms with van der Waals surface area (Å²) in [6, 6.07) is 12.3. The molecule has 6 nitrogen and oxygen atoms in total. The van der Waals surface area contributed by atoms with Gasteiger partial charge < -0.3 is 26.0 Å². The Hall–Kier alpha value is -2.28. The van der Waals surface area contributed by atoms with Gasteiger partial charge in [0.25, 0.3) is 5.91 Å². The maximum atomic E-state index is 12.3. The predicted molar refractivity (Wildman–Crippen MR) is 96.4 cm³/mol. The van der Waals surface area contributed by atoms with Crippen LogP contribution in [0.25, 0.3) is 0 Å². The number of aliphatic hydroxyl groups excluding tert-OH is 2. The van der Waals surface area contributed by atoms with Crippen molar-refractivity contribution in [2.45, 2.75) is 25.2 Å². The minimum Gasteiger partial charge on any atom is -0.481 e. The number of carbonyl (C=O) groups is 1. The molecule has 0 fully saturated rings. The smallest absolute Gasteiger partial charge is 0.261 e. The zero-order valence-corrected chi connectivity index (χ0v) is 14.5. The van der Waals surface area contributed by atoms with Gasteiger partial charge in [-0.2, -0.15) is 0 Å². The first-order valence-corrected chi connectivity index (χ1v) is 8.15. The zero-order chi connectivity index (χ0) is 18.4. The van der Waals surface area contributed by atoms with Crippen LogP contribution < -0.4 is 15.8 Å². The van der Waals surface area contributed by atoms with Gasteiger partial charge in [-0.15, -0.1) is 0 Å². The number of hydrogen-bond acceptors (Lipinski definition) is 5. The van der Waals surface area contributed by atoms with E-state index in [2.05, 4.69) is 5.32 Å². The van der Waals surface area contributed by atoms with E-state index < -0.39 is 30.8 Å². The van der Waals surface area contributed by atoms with Crippen LogP contribution in [0.5, 0.6) is 5.75 Å². The van der Waals surface area contributed by atoms with Gasteiger partial charge in [-0.1, -0.05) is 23.7 Å². The topological polar surface area (TPSA) is 105 Å². The van der Waals surface area contributed by atoms with E-state index in [-0.39, 0.29) is 0 Å². The first-order valence-electron chi connectivity index (χ1n) is 7.77. The van der Waals surface area contributed by atoms with Gasteiger partial charge in [-0.25, -0.2) is 0 Å². The minimum atomic E-state index is -1.07. The largest absolute Gasteiger partial charge is 0.481 e. The van der Waals surface area contributed by atoms with E-state index in [1.807, 2.05) is 0 Å². The van der Waals surface area contributed by atoms with Gasteiger partial charge >= 0.3 is 0 Å².